The van der Waals surface area contributed by atoms with Gasteiger partial charge in [-0.05, 0) is 38.1 Å². The monoisotopic (exact) mass is 328 g/mol. The molecule has 0 fully saturated rings. The van der Waals surface area contributed by atoms with E-state index in [4.69, 9.17) is 19.5 Å². The molecule has 0 spiro atoms. The molecule has 0 aliphatic carbocycles. The van der Waals surface area contributed by atoms with Gasteiger partial charge in [0.05, 0.1) is 24.7 Å². The van der Waals surface area contributed by atoms with Gasteiger partial charge in [-0.2, -0.15) is 0 Å². The van der Waals surface area contributed by atoms with Gasteiger partial charge < -0.3 is 19.5 Å². The standard InChI is InChI=1S/C13H17N2O4PS/c1-3-17-20(16,18-4-2)11-7-5-10(6-8-11)19-12-9-15-13(14)21-12/h5-9H,3-4H2,1-2H3,(H2,14,15). The summed E-state index contributed by atoms with van der Waals surface area (Å²) < 4.78 is 28.7. The maximum absolute atomic E-state index is 12.6. The number of hydrogen-bond donors (Lipinski definition) is 1. The summed E-state index contributed by atoms with van der Waals surface area (Å²) in [6.07, 6.45) is 1.55. The summed E-state index contributed by atoms with van der Waals surface area (Å²) in [7, 11) is -3.26. The Balaban J connectivity index is 2.15. The lowest BCUT2D eigenvalue weighted by Crippen LogP contribution is -2.10. The topological polar surface area (TPSA) is 83.7 Å². The van der Waals surface area contributed by atoms with Crippen molar-refractivity contribution in [3.05, 3.63) is 30.5 Å². The maximum atomic E-state index is 12.6. The summed E-state index contributed by atoms with van der Waals surface area (Å²) in [6, 6.07) is 6.75. The van der Waals surface area contributed by atoms with Crippen molar-refractivity contribution in [2.24, 2.45) is 0 Å². The molecule has 0 aliphatic heterocycles. The smallest absolute Gasteiger partial charge is 0.361 e. The third-order valence-electron chi connectivity index (χ3n) is 2.47. The molecule has 21 heavy (non-hydrogen) atoms. The summed E-state index contributed by atoms with van der Waals surface area (Å²) in [5, 5.41) is 1.54. The first-order valence-corrected chi connectivity index (χ1v) is 8.82. The van der Waals surface area contributed by atoms with Crippen LogP contribution in [0.4, 0.5) is 5.13 Å². The van der Waals surface area contributed by atoms with Crippen LogP contribution in [0, 0.1) is 0 Å². The van der Waals surface area contributed by atoms with Gasteiger partial charge in [0.25, 0.3) is 0 Å². The van der Waals surface area contributed by atoms with E-state index in [0.717, 1.165) is 0 Å². The molecule has 2 N–H and O–H groups in total. The molecule has 0 unspecified atom stereocenters. The zero-order valence-corrected chi connectivity index (χ0v) is 13.5. The highest BCUT2D eigenvalue weighted by Crippen LogP contribution is 2.47. The number of thiazole rings is 1. The number of nitrogens with zero attached hydrogens (tertiary/aromatic N) is 1. The van der Waals surface area contributed by atoms with Crippen molar-refractivity contribution in [1.29, 1.82) is 0 Å². The van der Waals surface area contributed by atoms with Crippen LogP contribution in [0.2, 0.25) is 0 Å². The number of ether oxygens (including phenoxy) is 1. The first kappa shape index (κ1) is 16.0. The molecule has 0 aliphatic rings. The molecule has 114 valence electrons. The van der Waals surface area contributed by atoms with E-state index in [0.29, 0.717) is 34.5 Å². The van der Waals surface area contributed by atoms with E-state index in [1.165, 1.54) is 11.3 Å². The Morgan fingerprint density at radius 1 is 1.19 bits per heavy atom. The SMILES string of the molecule is CCOP(=O)(OCC)c1ccc(Oc2cnc(N)s2)cc1. The summed E-state index contributed by atoms with van der Waals surface area (Å²) in [5.74, 6) is 0.599. The van der Waals surface area contributed by atoms with Crippen LogP contribution in [0.3, 0.4) is 0 Å². The van der Waals surface area contributed by atoms with E-state index >= 15 is 0 Å². The molecule has 0 radical (unpaired) electrons. The van der Waals surface area contributed by atoms with E-state index in [1.54, 1.807) is 44.3 Å². The average molecular weight is 328 g/mol. The molecule has 0 saturated carbocycles. The van der Waals surface area contributed by atoms with Crippen molar-refractivity contribution in [3.8, 4) is 10.8 Å². The highest BCUT2D eigenvalue weighted by Gasteiger charge is 2.26. The second-order valence-electron chi connectivity index (χ2n) is 3.95. The van der Waals surface area contributed by atoms with E-state index in [2.05, 4.69) is 4.98 Å². The first-order valence-electron chi connectivity index (χ1n) is 6.46. The summed E-state index contributed by atoms with van der Waals surface area (Å²) in [6.45, 7) is 4.18. The Kier molecular flexibility index (Phi) is 5.36. The highest BCUT2D eigenvalue weighted by atomic mass is 32.1. The van der Waals surface area contributed by atoms with Crippen LogP contribution in [-0.2, 0) is 13.6 Å². The minimum Gasteiger partial charge on any atom is -0.445 e. The number of benzene rings is 1. The number of nitrogen functional groups attached to an aromatic ring is 1. The molecule has 0 saturated heterocycles. The van der Waals surface area contributed by atoms with Gasteiger partial charge in [-0.3, -0.25) is 4.57 Å². The number of rotatable bonds is 7. The first-order chi connectivity index (χ1) is 10.1. The number of hydrogen-bond acceptors (Lipinski definition) is 7. The Hall–Kier alpha value is -1.40. The largest absolute Gasteiger partial charge is 0.445 e. The van der Waals surface area contributed by atoms with Gasteiger partial charge in [-0.15, -0.1) is 0 Å². The van der Waals surface area contributed by atoms with Crippen LogP contribution in [0.25, 0.3) is 0 Å². The van der Waals surface area contributed by atoms with Crippen molar-refractivity contribution in [1.82, 2.24) is 4.98 Å². The van der Waals surface area contributed by atoms with E-state index in [-0.39, 0.29) is 0 Å². The molecule has 6 nitrogen and oxygen atoms in total. The Morgan fingerprint density at radius 2 is 1.81 bits per heavy atom. The summed E-state index contributed by atoms with van der Waals surface area (Å²) >= 11 is 1.25. The van der Waals surface area contributed by atoms with Crippen LogP contribution < -0.4 is 15.8 Å². The lowest BCUT2D eigenvalue weighted by molar-refractivity contribution is 0.230. The van der Waals surface area contributed by atoms with Crippen LogP contribution in [0.1, 0.15) is 13.8 Å². The molecule has 2 rings (SSSR count). The zero-order chi connectivity index (χ0) is 15.3. The molecule has 1 heterocycles. The molecule has 0 atom stereocenters. The normalized spacial score (nSPS) is 11.5. The number of nitrogens with two attached hydrogens (primary N) is 1. The van der Waals surface area contributed by atoms with Gasteiger partial charge >= 0.3 is 7.60 Å². The molecule has 8 heteroatoms. The molecule has 1 aromatic carbocycles. The highest BCUT2D eigenvalue weighted by molar-refractivity contribution is 7.62. The maximum Gasteiger partial charge on any atom is 0.361 e. The summed E-state index contributed by atoms with van der Waals surface area (Å²) in [4.78, 5) is 3.91. The molecule has 0 amide bonds. The minimum atomic E-state index is -3.26. The fourth-order valence-corrected chi connectivity index (χ4v) is 3.78. The third-order valence-corrected chi connectivity index (χ3v) is 5.30. The van der Waals surface area contributed by atoms with Gasteiger partial charge in [0, 0.05) is 0 Å². The van der Waals surface area contributed by atoms with Gasteiger partial charge in [0.1, 0.15) is 5.75 Å². The van der Waals surface area contributed by atoms with Crippen molar-refractivity contribution < 1.29 is 18.3 Å². The molecular weight excluding hydrogens is 311 g/mol. The third kappa shape index (κ3) is 4.04. The quantitative estimate of drug-likeness (QED) is 0.784. The second kappa shape index (κ2) is 7.04. The van der Waals surface area contributed by atoms with Gasteiger partial charge in [0.15, 0.2) is 5.13 Å². The van der Waals surface area contributed by atoms with Crippen molar-refractivity contribution in [2.45, 2.75) is 13.8 Å². The fraction of sp³-hybridized carbons (Fsp3) is 0.308. The van der Waals surface area contributed by atoms with Crippen molar-refractivity contribution >= 4 is 29.4 Å². The predicted molar refractivity (Wildman–Crippen MR) is 83.5 cm³/mol. The van der Waals surface area contributed by atoms with Crippen molar-refractivity contribution in [2.75, 3.05) is 18.9 Å². The van der Waals surface area contributed by atoms with E-state index in [9.17, 15) is 4.57 Å². The molecule has 2 aromatic rings. The minimum absolute atomic E-state index is 0.315. The van der Waals surface area contributed by atoms with E-state index < -0.39 is 7.60 Å². The second-order valence-corrected chi connectivity index (χ2v) is 7.00. The van der Waals surface area contributed by atoms with Crippen LogP contribution in [0.5, 0.6) is 10.8 Å². The van der Waals surface area contributed by atoms with Crippen LogP contribution >= 0.6 is 18.9 Å². The lowest BCUT2D eigenvalue weighted by Gasteiger charge is -2.17. The summed E-state index contributed by atoms with van der Waals surface area (Å²) in [5.41, 5.74) is 5.54. The lowest BCUT2D eigenvalue weighted by atomic mass is 10.3. The predicted octanol–water partition coefficient (Wildman–Crippen LogP) is 3.41. The molecular formula is C13H17N2O4PS. The molecule has 1 aromatic heterocycles. The average Bonchev–Trinajstić information content (AvgIpc) is 2.85. The zero-order valence-electron chi connectivity index (χ0n) is 11.8. The number of aromatic nitrogens is 1. The van der Waals surface area contributed by atoms with E-state index in [1.807, 2.05) is 0 Å². The Morgan fingerprint density at radius 3 is 2.29 bits per heavy atom. The van der Waals surface area contributed by atoms with Crippen LogP contribution in [0.15, 0.2) is 30.5 Å². The Bertz CT molecular complexity index is 619. The number of anilines is 1. The molecule has 0 bridgehead atoms. The van der Waals surface area contributed by atoms with Gasteiger partial charge in [-0.1, -0.05) is 11.3 Å². The van der Waals surface area contributed by atoms with Crippen molar-refractivity contribution in [3.63, 3.8) is 0 Å². The van der Waals surface area contributed by atoms with Gasteiger partial charge in [0.2, 0.25) is 5.06 Å². The van der Waals surface area contributed by atoms with Gasteiger partial charge in [-0.25, -0.2) is 4.98 Å². The Labute approximate surface area is 127 Å². The fourth-order valence-electron chi connectivity index (χ4n) is 1.66. The van der Waals surface area contributed by atoms with Crippen LogP contribution in [-0.4, -0.2) is 18.2 Å².